The van der Waals surface area contributed by atoms with E-state index in [4.69, 9.17) is 5.11 Å². The molecule has 0 atom stereocenters. The topological polar surface area (TPSA) is 24.7 Å². The number of azo groups is 1. The molecule has 0 saturated carbocycles. The van der Waals surface area contributed by atoms with Gasteiger partial charge >= 0.3 is 0 Å². The molecular weight excluding hydrogens is 340 g/mol. The predicted molar refractivity (Wildman–Crippen MR) is 120 cm³/mol. The molecule has 0 N–H and O–H groups in total. The van der Waals surface area contributed by atoms with Crippen molar-refractivity contribution < 1.29 is 0 Å². The first-order valence-corrected chi connectivity index (χ1v) is 10.3. The summed E-state index contributed by atoms with van der Waals surface area (Å²) in [5.41, 5.74) is 3.23. The third kappa shape index (κ3) is 3.96. The zero-order chi connectivity index (χ0) is 19.2. The molecule has 0 aliphatic carbocycles. The molecular formula is C26H26N2. The molecule has 0 bridgehead atoms. The summed E-state index contributed by atoms with van der Waals surface area (Å²) in [5.74, 6) is 0. The molecule has 4 aromatic rings. The van der Waals surface area contributed by atoms with Crippen LogP contribution in [0.1, 0.15) is 38.2 Å². The maximum atomic E-state index is 4.78. The van der Waals surface area contributed by atoms with Gasteiger partial charge in [-0.3, -0.25) is 0 Å². The molecule has 2 nitrogen and oxygen atoms in total. The number of fused-ring (bicyclic) bond motifs is 2. The van der Waals surface area contributed by atoms with E-state index in [9.17, 15) is 0 Å². The summed E-state index contributed by atoms with van der Waals surface area (Å²) in [6, 6.07) is 27.4. The number of hydrogen-bond acceptors (Lipinski definition) is 2. The van der Waals surface area contributed by atoms with Gasteiger partial charge in [0.1, 0.15) is 0 Å². The molecule has 0 aliphatic heterocycles. The van der Waals surface area contributed by atoms with Gasteiger partial charge in [-0.2, -0.15) is 0 Å². The molecule has 0 aromatic heterocycles. The third-order valence-electron chi connectivity index (χ3n) is 5.31. The molecule has 140 valence electrons. The molecule has 4 rings (SSSR count). The summed E-state index contributed by atoms with van der Waals surface area (Å²) in [5, 5.41) is 14.2. The lowest BCUT2D eigenvalue weighted by Gasteiger charge is -2.09. The molecule has 0 spiro atoms. The second-order valence-electron chi connectivity index (χ2n) is 7.30. The number of unbranched alkanes of at least 4 members (excludes halogenated alkanes) is 3. The number of nitrogens with zero attached hydrogens (tertiary/aromatic N) is 2. The molecule has 28 heavy (non-hydrogen) atoms. The van der Waals surface area contributed by atoms with Gasteiger partial charge in [-0.05, 0) is 35.2 Å². The second kappa shape index (κ2) is 8.79. The molecule has 0 amide bonds. The monoisotopic (exact) mass is 366 g/mol. The van der Waals surface area contributed by atoms with E-state index in [1.807, 2.05) is 12.1 Å². The summed E-state index contributed by atoms with van der Waals surface area (Å²) >= 11 is 0. The lowest BCUT2D eigenvalue weighted by Crippen LogP contribution is -1.88. The van der Waals surface area contributed by atoms with Crippen molar-refractivity contribution in [1.29, 1.82) is 0 Å². The van der Waals surface area contributed by atoms with Gasteiger partial charge in [-0.1, -0.05) is 99.0 Å². The highest BCUT2D eigenvalue weighted by molar-refractivity contribution is 5.95. The van der Waals surface area contributed by atoms with Crippen LogP contribution in [0.4, 0.5) is 11.4 Å². The van der Waals surface area contributed by atoms with Crippen LogP contribution in [0.2, 0.25) is 0 Å². The van der Waals surface area contributed by atoms with E-state index in [-0.39, 0.29) is 0 Å². The smallest absolute Gasteiger partial charge is 0.0967 e. The first-order chi connectivity index (χ1) is 13.9. The van der Waals surface area contributed by atoms with Gasteiger partial charge < -0.3 is 0 Å². The Morgan fingerprint density at radius 2 is 1.32 bits per heavy atom. The fourth-order valence-electron chi connectivity index (χ4n) is 3.76. The quantitative estimate of drug-likeness (QED) is 0.231. The van der Waals surface area contributed by atoms with Crippen molar-refractivity contribution in [2.45, 2.75) is 39.0 Å². The number of rotatable bonds is 7. The van der Waals surface area contributed by atoms with Crippen molar-refractivity contribution in [2.24, 2.45) is 10.2 Å². The number of benzene rings is 4. The fourth-order valence-corrected chi connectivity index (χ4v) is 3.76. The number of hydrogen-bond donors (Lipinski definition) is 0. The van der Waals surface area contributed by atoms with Crippen molar-refractivity contribution in [3.05, 3.63) is 84.4 Å². The standard InChI is InChI=1S/C26H26N2/c1-2-3-4-5-13-22-19-18-21-12-7-9-16-24(21)26(22)28-27-25-17-10-14-20-11-6-8-15-23(20)25/h6-12,14-19H,2-5,13H2,1H3. The van der Waals surface area contributed by atoms with E-state index in [2.05, 4.69) is 78.8 Å². The molecule has 0 aliphatic rings. The largest absolute Gasteiger partial charge is 0.150 e. The lowest BCUT2D eigenvalue weighted by molar-refractivity contribution is 0.667. The Morgan fingerprint density at radius 3 is 2.14 bits per heavy atom. The van der Waals surface area contributed by atoms with Gasteiger partial charge in [0.05, 0.1) is 11.4 Å². The van der Waals surface area contributed by atoms with Crippen molar-refractivity contribution in [3.8, 4) is 0 Å². The van der Waals surface area contributed by atoms with E-state index in [1.165, 1.54) is 47.4 Å². The van der Waals surface area contributed by atoms with E-state index >= 15 is 0 Å². The highest BCUT2D eigenvalue weighted by Crippen LogP contribution is 2.34. The van der Waals surface area contributed by atoms with Crippen LogP contribution in [0.5, 0.6) is 0 Å². The minimum absolute atomic E-state index is 0.919. The molecule has 0 heterocycles. The summed E-state index contributed by atoms with van der Waals surface area (Å²) in [6.07, 6.45) is 6.06. The lowest BCUT2D eigenvalue weighted by atomic mass is 9.99. The summed E-state index contributed by atoms with van der Waals surface area (Å²) in [6.45, 7) is 2.25. The molecule has 4 aromatic carbocycles. The van der Waals surface area contributed by atoms with Gasteiger partial charge in [0.15, 0.2) is 0 Å². The van der Waals surface area contributed by atoms with Crippen molar-refractivity contribution >= 4 is 32.9 Å². The van der Waals surface area contributed by atoms with E-state index < -0.39 is 0 Å². The average molecular weight is 367 g/mol. The maximum absolute atomic E-state index is 4.78. The summed E-state index contributed by atoms with van der Waals surface area (Å²) in [7, 11) is 0. The van der Waals surface area contributed by atoms with Crippen LogP contribution in [0.15, 0.2) is 89.1 Å². The van der Waals surface area contributed by atoms with E-state index in [0.717, 1.165) is 23.2 Å². The molecule has 0 fully saturated rings. The number of aryl methyl sites for hydroxylation is 1. The van der Waals surface area contributed by atoms with Crippen LogP contribution in [0.3, 0.4) is 0 Å². The van der Waals surface area contributed by atoms with Gasteiger partial charge in [0.2, 0.25) is 0 Å². The van der Waals surface area contributed by atoms with Gasteiger partial charge in [-0.15, -0.1) is 10.2 Å². The SMILES string of the molecule is CCCCCCc1ccc2ccccc2c1N=Nc1cccc2ccccc12. The molecule has 0 unspecified atom stereocenters. The van der Waals surface area contributed by atoms with E-state index in [0.29, 0.717) is 0 Å². The van der Waals surface area contributed by atoms with Crippen LogP contribution < -0.4 is 0 Å². The first-order valence-electron chi connectivity index (χ1n) is 10.3. The van der Waals surface area contributed by atoms with Gasteiger partial charge in [0.25, 0.3) is 0 Å². The first kappa shape index (κ1) is 18.4. The maximum Gasteiger partial charge on any atom is 0.0967 e. The minimum Gasteiger partial charge on any atom is -0.150 e. The van der Waals surface area contributed by atoms with Crippen LogP contribution in [-0.2, 0) is 6.42 Å². The molecule has 0 saturated heterocycles. The highest BCUT2D eigenvalue weighted by atomic mass is 15.1. The van der Waals surface area contributed by atoms with Crippen LogP contribution >= 0.6 is 0 Å². The van der Waals surface area contributed by atoms with E-state index in [1.54, 1.807) is 0 Å². The average Bonchev–Trinajstić information content (AvgIpc) is 2.75. The third-order valence-corrected chi connectivity index (χ3v) is 5.31. The fraction of sp³-hybridized carbons (Fsp3) is 0.231. The van der Waals surface area contributed by atoms with Crippen molar-refractivity contribution in [3.63, 3.8) is 0 Å². The Kier molecular flexibility index (Phi) is 5.77. The predicted octanol–water partition coefficient (Wildman–Crippen LogP) is 8.53. The van der Waals surface area contributed by atoms with Gasteiger partial charge in [0, 0.05) is 10.8 Å². The van der Waals surface area contributed by atoms with Crippen molar-refractivity contribution in [2.75, 3.05) is 0 Å². The normalized spacial score (nSPS) is 11.6. The van der Waals surface area contributed by atoms with Crippen LogP contribution in [0, 0.1) is 0 Å². The molecule has 0 radical (unpaired) electrons. The van der Waals surface area contributed by atoms with Crippen LogP contribution in [0.25, 0.3) is 21.5 Å². The minimum atomic E-state index is 0.919. The Labute approximate surface area is 166 Å². The molecule has 2 heteroatoms. The zero-order valence-corrected chi connectivity index (χ0v) is 16.4. The highest BCUT2D eigenvalue weighted by Gasteiger charge is 2.08. The summed E-state index contributed by atoms with van der Waals surface area (Å²) in [4.78, 5) is 0. The zero-order valence-electron chi connectivity index (χ0n) is 16.4. The van der Waals surface area contributed by atoms with Crippen LogP contribution in [-0.4, -0.2) is 0 Å². The Morgan fingerprint density at radius 1 is 0.607 bits per heavy atom. The Balaban J connectivity index is 1.74. The summed E-state index contributed by atoms with van der Waals surface area (Å²) < 4.78 is 0. The Hall–Kier alpha value is -3.00. The van der Waals surface area contributed by atoms with Gasteiger partial charge in [-0.25, -0.2) is 0 Å². The van der Waals surface area contributed by atoms with Crippen molar-refractivity contribution in [1.82, 2.24) is 0 Å². The second-order valence-corrected chi connectivity index (χ2v) is 7.30. The Bertz CT molecular complexity index is 1110.